The second-order valence-corrected chi connectivity index (χ2v) is 11.7. The molecule has 1 aliphatic rings. The van der Waals surface area contributed by atoms with E-state index in [2.05, 4.69) is 25.9 Å². The normalized spacial score (nSPS) is 19.2. The van der Waals surface area contributed by atoms with E-state index in [1.165, 1.54) is 22.5 Å². The van der Waals surface area contributed by atoms with E-state index in [1.54, 1.807) is 24.4 Å². The molecule has 3 aromatic rings. The van der Waals surface area contributed by atoms with Gasteiger partial charge in [-0.1, -0.05) is 31.5 Å². The Morgan fingerprint density at radius 2 is 1.97 bits per heavy atom. The zero-order valence-corrected chi connectivity index (χ0v) is 20.6. The van der Waals surface area contributed by atoms with Crippen LogP contribution in [0.4, 0.5) is 4.39 Å². The summed E-state index contributed by atoms with van der Waals surface area (Å²) in [6.45, 7) is 4.09. The first-order chi connectivity index (χ1) is 15.0. The van der Waals surface area contributed by atoms with E-state index in [0.29, 0.717) is 33.5 Å². The maximum atomic E-state index is 13.9. The number of hydrogen-bond acceptors (Lipinski definition) is 4. The molecule has 1 aliphatic heterocycles. The molecule has 0 saturated carbocycles. The van der Waals surface area contributed by atoms with E-state index in [4.69, 9.17) is 11.6 Å². The first-order valence-corrected chi connectivity index (χ1v) is 12.6. The number of imidazole rings is 1. The molecular weight excluding hydrogens is 521 g/mol. The van der Waals surface area contributed by atoms with Crippen molar-refractivity contribution in [3.63, 3.8) is 0 Å². The Bertz CT molecular complexity index is 1280. The van der Waals surface area contributed by atoms with Crippen LogP contribution in [0.15, 0.2) is 52.0 Å². The first kappa shape index (κ1) is 23.4. The number of aliphatic hydroxyl groups excluding tert-OH is 1. The lowest BCUT2D eigenvalue weighted by Gasteiger charge is -2.41. The van der Waals surface area contributed by atoms with Crippen molar-refractivity contribution in [3.05, 3.63) is 57.9 Å². The minimum absolute atomic E-state index is 0.0171. The lowest BCUT2D eigenvalue weighted by Crippen LogP contribution is -2.50. The van der Waals surface area contributed by atoms with Crippen LogP contribution in [0.5, 0.6) is 0 Å². The monoisotopic (exact) mass is 541 g/mol. The van der Waals surface area contributed by atoms with Gasteiger partial charge in [0.25, 0.3) is 0 Å². The van der Waals surface area contributed by atoms with Crippen molar-refractivity contribution in [2.24, 2.45) is 5.41 Å². The van der Waals surface area contributed by atoms with E-state index >= 15 is 0 Å². The predicted octanol–water partition coefficient (Wildman–Crippen LogP) is 5.08. The standard InChI is InChI=1S/C22H22BrClFN3O3S/c1-22(2)12-28(8-7-20(22)29)32(30,31)19-10-14(4-6-16(19)24)21-26-11-18(27-21)13-3-5-15(23)17(25)9-13/h3-6,9-11,20,29H,7-8,12H2,1-2H3,(H,26,27). The summed E-state index contributed by atoms with van der Waals surface area (Å²) in [5, 5.41) is 10.3. The van der Waals surface area contributed by atoms with Gasteiger partial charge in [0, 0.05) is 29.6 Å². The van der Waals surface area contributed by atoms with Crippen LogP contribution in [-0.2, 0) is 10.0 Å². The molecule has 170 valence electrons. The number of hydrogen-bond donors (Lipinski definition) is 2. The largest absolute Gasteiger partial charge is 0.392 e. The Morgan fingerprint density at radius 3 is 2.66 bits per heavy atom. The number of nitrogens with one attached hydrogen (secondary N) is 1. The van der Waals surface area contributed by atoms with Gasteiger partial charge < -0.3 is 10.1 Å². The molecule has 0 radical (unpaired) electrons. The fraction of sp³-hybridized carbons (Fsp3) is 0.318. The zero-order chi connectivity index (χ0) is 23.3. The Kier molecular flexibility index (Phi) is 6.23. The van der Waals surface area contributed by atoms with Gasteiger partial charge in [-0.2, -0.15) is 4.31 Å². The SMILES string of the molecule is CC1(C)CN(S(=O)(=O)c2cc(-c3ncc(-c4ccc(Br)c(F)c4)[nH]3)ccc2Cl)CCC1O. The van der Waals surface area contributed by atoms with Crippen molar-refractivity contribution in [2.75, 3.05) is 13.1 Å². The molecule has 1 fully saturated rings. The minimum atomic E-state index is -3.88. The molecule has 1 atom stereocenters. The second-order valence-electron chi connectivity index (χ2n) is 8.55. The van der Waals surface area contributed by atoms with Crippen LogP contribution in [0.1, 0.15) is 20.3 Å². The maximum absolute atomic E-state index is 13.9. The van der Waals surface area contributed by atoms with Crippen molar-refractivity contribution in [1.82, 2.24) is 14.3 Å². The minimum Gasteiger partial charge on any atom is -0.392 e. The highest BCUT2D eigenvalue weighted by atomic mass is 79.9. The van der Waals surface area contributed by atoms with Crippen LogP contribution in [0.2, 0.25) is 5.02 Å². The van der Waals surface area contributed by atoms with Crippen molar-refractivity contribution in [3.8, 4) is 22.6 Å². The topological polar surface area (TPSA) is 86.3 Å². The number of sulfonamides is 1. The fourth-order valence-electron chi connectivity index (χ4n) is 3.77. The molecule has 6 nitrogen and oxygen atoms in total. The van der Waals surface area contributed by atoms with Crippen molar-refractivity contribution in [1.29, 1.82) is 0 Å². The molecule has 0 bridgehead atoms. The summed E-state index contributed by atoms with van der Waals surface area (Å²) in [5.74, 6) is 0.0407. The fourth-order valence-corrected chi connectivity index (χ4v) is 6.14. The highest BCUT2D eigenvalue weighted by molar-refractivity contribution is 9.10. The molecule has 0 aliphatic carbocycles. The summed E-state index contributed by atoms with van der Waals surface area (Å²) < 4.78 is 42.4. The van der Waals surface area contributed by atoms with Crippen LogP contribution in [0, 0.1) is 11.2 Å². The number of aliphatic hydroxyl groups is 1. The number of H-pyrrole nitrogens is 1. The van der Waals surface area contributed by atoms with E-state index in [1.807, 2.05) is 13.8 Å². The predicted molar refractivity (Wildman–Crippen MR) is 125 cm³/mol. The molecule has 10 heteroatoms. The van der Waals surface area contributed by atoms with Crippen LogP contribution >= 0.6 is 27.5 Å². The summed E-state index contributed by atoms with van der Waals surface area (Å²) in [7, 11) is -3.88. The lowest BCUT2D eigenvalue weighted by molar-refractivity contribution is -0.000311. The average molecular weight is 543 g/mol. The van der Waals surface area contributed by atoms with Gasteiger partial charge in [-0.25, -0.2) is 17.8 Å². The molecule has 2 N–H and O–H groups in total. The highest BCUT2D eigenvalue weighted by Crippen LogP contribution is 2.35. The summed E-state index contributed by atoms with van der Waals surface area (Å²) in [4.78, 5) is 7.43. The van der Waals surface area contributed by atoms with E-state index in [9.17, 15) is 17.9 Å². The average Bonchev–Trinajstić information content (AvgIpc) is 3.22. The zero-order valence-electron chi connectivity index (χ0n) is 17.4. The first-order valence-electron chi connectivity index (χ1n) is 9.97. The van der Waals surface area contributed by atoms with Crippen LogP contribution in [0.3, 0.4) is 0 Å². The van der Waals surface area contributed by atoms with Gasteiger partial charge in [0.1, 0.15) is 16.5 Å². The third-order valence-electron chi connectivity index (χ3n) is 5.77. The maximum Gasteiger partial charge on any atom is 0.244 e. The summed E-state index contributed by atoms with van der Waals surface area (Å²) >= 11 is 9.42. The Hall–Kier alpha value is -1.78. The summed E-state index contributed by atoms with van der Waals surface area (Å²) in [5.41, 5.74) is 1.18. The highest BCUT2D eigenvalue weighted by Gasteiger charge is 2.40. The number of piperidine rings is 1. The third kappa shape index (κ3) is 4.36. The van der Waals surface area contributed by atoms with Gasteiger partial charge in [0.2, 0.25) is 10.0 Å². The number of rotatable bonds is 4. The van der Waals surface area contributed by atoms with Crippen LogP contribution < -0.4 is 0 Å². The molecule has 1 saturated heterocycles. The second kappa shape index (κ2) is 8.53. The van der Waals surface area contributed by atoms with Gasteiger partial charge in [0.15, 0.2) is 0 Å². The molecular formula is C22H22BrClFN3O3S. The molecule has 0 spiro atoms. The Balaban J connectivity index is 1.68. The van der Waals surface area contributed by atoms with E-state index in [-0.39, 0.29) is 23.0 Å². The molecule has 0 amide bonds. The van der Waals surface area contributed by atoms with Gasteiger partial charge in [0.05, 0.1) is 27.5 Å². The Morgan fingerprint density at radius 1 is 1.25 bits per heavy atom. The molecule has 32 heavy (non-hydrogen) atoms. The summed E-state index contributed by atoms with van der Waals surface area (Å²) in [6.07, 6.45) is 1.35. The molecule has 4 rings (SSSR count). The summed E-state index contributed by atoms with van der Waals surface area (Å²) in [6, 6.07) is 9.42. The van der Waals surface area contributed by atoms with Crippen molar-refractivity contribution >= 4 is 37.6 Å². The van der Waals surface area contributed by atoms with Crippen LogP contribution in [-0.4, -0.2) is 47.0 Å². The van der Waals surface area contributed by atoms with Gasteiger partial charge >= 0.3 is 0 Å². The van der Waals surface area contributed by atoms with Crippen molar-refractivity contribution < 1.29 is 17.9 Å². The number of aromatic amines is 1. The van der Waals surface area contributed by atoms with Crippen molar-refractivity contribution in [2.45, 2.75) is 31.3 Å². The lowest BCUT2D eigenvalue weighted by atomic mass is 9.82. The number of nitrogens with zero attached hydrogens (tertiary/aromatic N) is 2. The molecule has 2 heterocycles. The van der Waals surface area contributed by atoms with E-state index in [0.717, 1.165) is 0 Å². The van der Waals surface area contributed by atoms with Gasteiger partial charge in [-0.05, 0) is 52.7 Å². The number of benzene rings is 2. The Labute approximate surface area is 199 Å². The molecule has 2 aromatic carbocycles. The smallest absolute Gasteiger partial charge is 0.244 e. The molecule has 1 unspecified atom stereocenters. The van der Waals surface area contributed by atoms with E-state index < -0.39 is 27.4 Å². The van der Waals surface area contributed by atoms with Gasteiger partial charge in [-0.3, -0.25) is 0 Å². The number of aromatic nitrogens is 2. The quantitative estimate of drug-likeness (QED) is 0.481. The van der Waals surface area contributed by atoms with Gasteiger partial charge in [-0.15, -0.1) is 0 Å². The number of halogens is 3. The third-order valence-corrected chi connectivity index (χ3v) is 8.74. The molecule has 1 aromatic heterocycles. The van der Waals surface area contributed by atoms with Crippen LogP contribution in [0.25, 0.3) is 22.6 Å².